The molecule has 1 aliphatic rings. The fourth-order valence-corrected chi connectivity index (χ4v) is 2.60. The second kappa shape index (κ2) is 5.93. The Morgan fingerprint density at radius 2 is 1.95 bits per heavy atom. The van der Waals surface area contributed by atoms with Gasteiger partial charge in [-0.3, -0.25) is 4.90 Å². The smallest absolute Gasteiger partial charge is 0.0952 e. The molecule has 1 saturated heterocycles. The molecule has 0 radical (unpaired) electrons. The van der Waals surface area contributed by atoms with Crippen molar-refractivity contribution in [3.05, 3.63) is 54.0 Å². The Morgan fingerprint density at radius 3 is 2.74 bits per heavy atom. The molecule has 2 aromatic rings. The van der Waals surface area contributed by atoms with Gasteiger partial charge in [-0.15, -0.1) is 0 Å². The van der Waals surface area contributed by atoms with Crippen molar-refractivity contribution < 1.29 is 4.42 Å². The third-order valence-corrected chi connectivity index (χ3v) is 3.67. The maximum Gasteiger partial charge on any atom is 0.0952 e. The SMILES string of the molecule is c1ccc(NCc2ccoc2)c(CN2CCCC2)c1. The van der Waals surface area contributed by atoms with Crippen molar-refractivity contribution in [2.75, 3.05) is 18.4 Å². The molecule has 0 unspecified atom stereocenters. The summed E-state index contributed by atoms with van der Waals surface area (Å²) in [6.45, 7) is 4.33. The number of furan rings is 1. The summed E-state index contributed by atoms with van der Waals surface area (Å²) in [4.78, 5) is 2.53. The van der Waals surface area contributed by atoms with Gasteiger partial charge in [0, 0.05) is 24.3 Å². The van der Waals surface area contributed by atoms with Gasteiger partial charge in [-0.25, -0.2) is 0 Å². The van der Waals surface area contributed by atoms with Crippen molar-refractivity contribution in [2.24, 2.45) is 0 Å². The van der Waals surface area contributed by atoms with Crippen LogP contribution in [0.15, 0.2) is 47.3 Å². The van der Waals surface area contributed by atoms with E-state index in [1.165, 1.54) is 42.7 Å². The van der Waals surface area contributed by atoms with Crippen molar-refractivity contribution in [3.8, 4) is 0 Å². The summed E-state index contributed by atoms with van der Waals surface area (Å²) in [7, 11) is 0. The highest BCUT2D eigenvalue weighted by molar-refractivity contribution is 5.51. The van der Waals surface area contributed by atoms with Crippen molar-refractivity contribution in [3.63, 3.8) is 0 Å². The molecule has 19 heavy (non-hydrogen) atoms. The number of hydrogen-bond acceptors (Lipinski definition) is 3. The van der Waals surface area contributed by atoms with E-state index in [1.807, 2.05) is 6.07 Å². The molecule has 0 amide bonds. The Hall–Kier alpha value is -1.74. The average molecular weight is 256 g/mol. The van der Waals surface area contributed by atoms with Crippen LogP contribution in [0.4, 0.5) is 5.69 Å². The van der Waals surface area contributed by atoms with Crippen LogP contribution < -0.4 is 5.32 Å². The minimum absolute atomic E-state index is 0.813. The first-order valence-corrected chi connectivity index (χ1v) is 6.97. The van der Waals surface area contributed by atoms with Crippen LogP contribution >= 0.6 is 0 Å². The predicted octanol–water partition coefficient (Wildman–Crippen LogP) is 3.49. The molecule has 1 aromatic carbocycles. The minimum Gasteiger partial charge on any atom is -0.472 e. The van der Waals surface area contributed by atoms with E-state index in [-0.39, 0.29) is 0 Å². The van der Waals surface area contributed by atoms with Gasteiger partial charge in [0.15, 0.2) is 0 Å². The molecule has 0 atom stereocenters. The summed E-state index contributed by atoms with van der Waals surface area (Å²) in [5.41, 5.74) is 3.79. The Morgan fingerprint density at radius 1 is 1.11 bits per heavy atom. The molecule has 0 spiro atoms. The van der Waals surface area contributed by atoms with Gasteiger partial charge in [-0.05, 0) is 43.6 Å². The molecule has 1 aliphatic heterocycles. The van der Waals surface area contributed by atoms with Gasteiger partial charge in [0.2, 0.25) is 0 Å². The van der Waals surface area contributed by atoms with Crippen LogP contribution in [-0.2, 0) is 13.1 Å². The van der Waals surface area contributed by atoms with E-state index in [0.717, 1.165) is 13.1 Å². The second-order valence-corrected chi connectivity index (χ2v) is 5.13. The van der Waals surface area contributed by atoms with Gasteiger partial charge in [-0.1, -0.05) is 18.2 Å². The van der Waals surface area contributed by atoms with Crippen molar-refractivity contribution in [1.82, 2.24) is 4.90 Å². The molecular weight excluding hydrogens is 236 g/mol. The quantitative estimate of drug-likeness (QED) is 0.887. The van der Waals surface area contributed by atoms with E-state index in [4.69, 9.17) is 4.42 Å². The molecule has 2 heterocycles. The highest BCUT2D eigenvalue weighted by Crippen LogP contribution is 2.20. The van der Waals surface area contributed by atoms with Crippen molar-refractivity contribution in [2.45, 2.75) is 25.9 Å². The van der Waals surface area contributed by atoms with Crippen LogP contribution in [0.5, 0.6) is 0 Å². The van der Waals surface area contributed by atoms with Crippen LogP contribution in [0.1, 0.15) is 24.0 Å². The normalized spacial score (nSPS) is 15.8. The molecule has 1 fully saturated rings. The Bertz CT molecular complexity index is 501. The van der Waals surface area contributed by atoms with E-state index in [1.54, 1.807) is 12.5 Å². The number of para-hydroxylation sites is 1. The molecule has 1 N–H and O–H groups in total. The second-order valence-electron chi connectivity index (χ2n) is 5.13. The molecule has 1 aromatic heterocycles. The summed E-state index contributed by atoms with van der Waals surface area (Å²) in [6.07, 6.45) is 6.18. The van der Waals surface area contributed by atoms with Crippen molar-refractivity contribution >= 4 is 5.69 Å². The Balaban J connectivity index is 1.66. The van der Waals surface area contributed by atoms with Crippen LogP contribution in [0.3, 0.4) is 0 Å². The lowest BCUT2D eigenvalue weighted by atomic mass is 10.1. The molecular formula is C16H20N2O. The largest absolute Gasteiger partial charge is 0.472 e. The summed E-state index contributed by atoms with van der Waals surface area (Å²) in [5, 5.41) is 3.50. The lowest BCUT2D eigenvalue weighted by Crippen LogP contribution is -2.19. The van der Waals surface area contributed by atoms with E-state index in [2.05, 4.69) is 34.5 Å². The van der Waals surface area contributed by atoms with Gasteiger partial charge in [0.05, 0.1) is 12.5 Å². The fourth-order valence-electron chi connectivity index (χ4n) is 2.60. The third-order valence-electron chi connectivity index (χ3n) is 3.67. The lowest BCUT2D eigenvalue weighted by Gasteiger charge is -2.18. The summed E-state index contributed by atoms with van der Waals surface area (Å²) >= 11 is 0. The molecule has 3 nitrogen and oxygen atoms in total. The van der Waals surface area contributed by atoms with Crippen LogP contribution in [0.25, 0.3) is 0 Å². The van der Waals surface area contributed by atoms with Gasteiger partial charge in [-0.2, -0.15) is 0 Å². The van der Waals surface area contributed by atoms with Crippen LogP contribution in [0, 0.1) is 0 Å². The fraction of sp³-hybridized carbons (Fsp3) is 0.375. The predicted molar refractivity (Wildman–Crippen MR) is 77.0 cm³/mol. The zero-order valence-corrected chi connectivity index (χ0v) is 11.1. The van der Waals surface area contributed by atoms with E-state index in [0.29, 0.717) is 0 Å². The zero-order valence-electron chi connectivity index (χ0n) is 11.1. The monoisotopic (exact) mass is 256 g/mol. The summed E-state index contributed by atoms with van der Waals surface area (Å²) in [6, 6.07) is 10.6. The van der Waals surface area contributed by atoms with Gasteiger partial charge in [0.1, 0.15) is 0 Å². The first-order valence-electron chi connectivity index (χ1n) is 6.97. The molecule has 0 aliphatic carbocycles. The number of likely N-dealkylation sites (tertiary alicyclic amines) is 1. The van der Waals surface area contributed by atoms with E-state index in [9.17, 15) is 0 Å². The van der Waals surface area contributed by atoms with Crippen molar-refractivity contribution in [1.29, 1.82) is 0 Å². The van der Waals surface area contributed by atoms with Crippen LogP contribution in [-0.4, -0.2) is 18.0 Å². The number of benzene rings is 1. The third kappa shape index (κ3) is 3.18. The highest BCUT2D eigenvalue weighted by atomic mass is 16.3. The van der Waals surface area contributed by atoms with Gasteiger partial charge >= 0.3 is 0 Å². The molecule has 3 rings (SSSR count). The number of nitrogens with one attached hydrogen (secondary N) is 1. The zero-order chi connectivity index (χ0) is 12.9. The highest BCUT2D eigenvalue weighted by Gasteiger charge is 2.13. The van der Waals surface area contributed by atoms with E-state index >= 15 is 0 Å². The standard InChI is InChI=1S/C16H20N2O/c1-2-6-16(17-11-14-7-10-19-13-14)15(5-1)12-18-8-3-4-9-18/h1-2,5-7,10,13,17H,3-4,8-9,11-12H2. The van der Waals surface area contributed by atoms with Gasteiger partial charge < -0.3 is 9.73 Å². The van der Waals surface area contributed by atoms with Gasteiger partial charge in [0.25, 0.3) is 0 Å². The molecule has 100 valence electrons. The molecule has 0 bridgehead atoms. The number of hydrogen-bond donors (Lipinski definition) is 1. The first-order chi connectivity index (χ1) is 9.42. The minimum atomic E-state index is 0.813. The Labute approximate surface area is 114 Å². The average Bonchev–Trinajstić information content (AvgIpc) is 3.10. The maximum atomic E-state index is 5.09. The number of anilines is 1. The molecule has 0 saturated carbocycles. The lowest BCUT2D eigenvalue weighted by molar-refractivity contribution is 0.332. The molecule has 3 heteroatoms. The topological polar surface area (TPSA) is 28.4 Å². The van der Waals surface area contributed by atoms with Crippen LogP contribution in [0.2, 0.25) is 0 Å². The van der Waals surface area contributed by atoms with E-state index < -0.39 is 0 Å². The maximum absolute atomic E-state index is 5.09. The Kier molecular flexibility index (Phi) is 3.84. The number of nitrogens with zero attached hydrogens (tertiary/aromatic N) is 1. The summed E-state index contributed by atoms with van der Waals surface area (Å²) < 4.78 is 5.09. The first kappa shape index (κ1) is 12.3. The number of rotatable bonds is 5. The summed E-state index contributed by atoms with van der Waals surface area (Å²) in [5.74, 6) is 0.